The Labute approximate surface area is 111 Å². The van der Waals surface area contributed by atoms with Gasteiger partial charge >= 0.3 is 0 Å². The summed E-state index contributed by atoms with van der Waals surface area (Å²) in [5.41, 5.74) is 0. The topological polar surface area (TPSA) is 124 Å². The van der Waals surface area contributed by atoms with Crippen molar-refractivity contribution in [3.63, 3.8) is 0 Å². The smallest absolute Gasteiger partial charge is 0.135 e. The molecule has 7 heteroatoms. The molecule has 7 nitrogen and oxygen atoms in total. The number of rotatable bonds is 6. The first-order valence-corrected chi connectivity index (χ1v) is 4.93. The Bertz CT molecular complexity index is 275. The molecule has 108 valence electrons. The molecule has 0 amide bonds. The minimum absolute atomic E-state index is 0.375. The molecule has 0 saturated heterocycles. The van der Waals surface area contributed by atoms with Crippen LogP contribution in [0.15, 0.2) is 25.7 Å². The van der Waals surface area contributed by atoms with Crippen LogP contribution < -0.4 is 10.2 Å². The third-order valence-electron chi connectivity index (χ3n) is 0.979. The highest BCUT2D eigenvalue weighted by Gasteiger charge is 1.89. The molecule has 0 aromatic rings. The van der Waals surface area contributed by atoms with Gasteiger partial charge in [-0.3, -0.25) is 9.59 Å². The maximum Gasteiger partial charge on any atom is 0.135 e. The number of aliphatic carboxylic acids is 2. The molecule has 0 aromatic carbocycles. The molecule has 0 aromatic heterocycles. The summed E-state index contributed by atoms with van der Waals surface area (Å²) in [4.78, 5) is 38.6. The second-order valence-corrected chi connectivity index (χ2v) is 2.97. The van der Waals surface area contributed by atoms with Gasteiger partial charge in [-0.05, 0) is 13.8 Å². The van der Waals surface area contributed by atoms with Gasteiger partial charge in [0.05, 0.1) is 12.5 Å². The molecular formula is C12H16O7-2. The highest BCUT2D eigenvalue weighted by atomic mass is 16.5. The maximum absolute atomic E-state index is 9.83. The largest absolute Gasteiger partial charge is 0.550 e. The summed E-state index contributed by atoms with van der Waals surface area (Å²) < 4.78 is 4.36. The van der Waals surface area contributed by atoms with Crippen LogP contribution in [0, 0.1) is 0 Å². The van der Waals surface area contributed by atoms with Crippen molar-refractivity contribution < 1.29 is 34.1 Å². The van der Waals surface area contributed by atoms with Crippen molar-refractivity contribution in [2.75, 3.05) is 0 Å². The molecule has 0 fully saturated rings. The van der Waals surface area contributed by atoms with Crippen LogP contribution >= 0.6 is 0 Å². The van der Waals surface area contributed by atoms with E-state index in [0.29, 0.717) is 0 Å². The summed E-state index contributed by atoms with van der Waals surface area (Å²) in [6.45, 7) is 8.92. The van der Waals surface area contributed by atoms with Gasteiger partial charge in [0.25, 0.3) is 0 Å². The van der Waals surface area contributed by atoms with Crippen LogP contribution in [0.2, 0.25) is 0 Å². The number of carboxylic acid groups (broad SMARTS) is 2. The Kier molecular flexibility index (Phi) is 17.9. The molecule has 0 saturated carbocycles. The van der Waals surface area contributed by atoms with E-state index in [-0.39, 0.29) is 11.6 Å². The second kappa shape index (κ2) is 15.6. The molecule has 0 N–H and O–H groups in total. The summed E-state index contributed by atoms with van der Waals surface area (Å²) in [6.07, 6.45) is 1.68. The zero-order chi connectivity index (χ0) is 15.8. The molecule has 0 bridgehead atoms. The van der Waals surface area contributed by atoms with Gasteiger partial charge in [-0.25, -0.2) is 0 Å². The van der Waals surface area contributed by atoms with Crippen molar-refractivity contribution in [3.05, 3.63) is 25.7 Å². The van der Waals surface area contributed by atoms with E-state index >= 15 is 0 Å². The van der Waals surface area contributed by atoms with Crippen LogP contribution in [-0.2, 0) is 23.9 Å². The normalized spacial score (nSPS) is 7.47. The zero-order valence-electron chi connectivity index (χ0n) is 10.8. The first kappa shape index (κ1) is 21.8. The lowest BCUT2D eigenvalue weighted by molar-refractivity contribution is -0.306. The average Bonchev–Trinajstić information content (AvgIpc) is 2.15. The van der Waals surface area contributed by atoms with E-state index in [1.165, 1.54) is 26.4 Å². The van der Waals surface area contributed by atoms with Crippen molar-refractivity contribution in [1.29, 1.82) is 0 Å². The number of carbonyl (C=O) groups excluding carboxylic acids is 4. The van der Waals surface area contributed by atoms with Crippen molar-refractivity contribution in [2.45, 2.75) is 26.7 Å². The van der Waals surface area contributed by atoms with E-state index in [0.717, 1.165) is 0 Å². The lowest BCUT2D eigenvalue weighted by atomic mass is 10.3. The number of carboxylic acids is 2. The molecule has 0 aliphatic rings. The molecule has 0 rings (SSSR count). The first-order chi connectivity index (χ1) is 8.67. The number of Topliss-reactive ketones (excluding diaryl/α,β-unsaturated/α-hetero) is 2. The fraction of sp³-hybridized carbons (Fsp3) is 0.333. The number of ketones is 2. The summed E-state index contributed by atoms with van der Waals surface area (Å²) in [5, 5.41) is 19.0. The number of hydrogen-bond acceptors (Lipinski definition) is 7. The van der Waals surface area contributed by atoms with E-state index in [4.69, 9.17) is 0 Å². The molecule has 0 unspecified atom stereocenters. The predicted octanol–water partition coefficient (Wildman–Crippen LogP) is -1.28. The molecule has 0 heterocycles. The molecule has 19 heavy (non-hydrogen) atoms. The van der Waals surface area contributed by atoms with Crippen LogP contribution in [0.4, 0.5) is 0 Å². The van der Waals surface area contributed by atoms with Crippen molar-refractivity contribution in [3.8, 4) is 0 Å². The monoisotopic (exact) mass is 272 g/mol. The summed E-state index contributed by atoms with van der Waals surface area (Å²) >= 11 is 0. The van der Waals surface area contributed by atoms with Gasteiger partial charge in [0, 0.05) is 24.8 Å². The fourth-order valence-electron chi connectivity index (χ4n) is 0.475. The van der Waals surface area contributed by atoms with Gasteiger partial charge in [0.15, 0.2) is 0 Å². The van der Waals surface area contributed by atoms with Gasteiger partial charge in [0.1, 0.15) is 11.6 Å². The third-order valence-corrected chi connectivity index (χ3v) is 0.979. The Morgan fingerprint density at radius 2 is 1.16 bits per heavy atom. The van der Waals surface area contributed by atoms with Crippen molar-refractivity contribution >= 4 is 23.5 Å². The van der Waals surface area contributed by atoms with Crippen LogP contribution in [0.1, 0.15) is 26.7 Å². The Morgan fingerprint density at radius 3 is 1.16 bits per heavy atom. The van der Waals surface area contributed by atoms with Crippen LogP contribution in [0.25, 0.3) is 0 Å². The average molecular weight is 272 g/mol. The zero-order valence-corrected chi connectivity index (χ0v) is 10.8. The molecule has 0 spiro atoms. The molecular weight excluding hydrogens is 256 g/mol. The fourth-order valence-corrected chi connectivity index (χ4v) is 0.475. The third kappa shape index (κ3) is 50.1. The van der Waals surface area contributed by atoms with Crippen LogP contribution in [0.3, 0.4) is 0 Å². The van der Waals surface area contributed by atoms with Crippen LogP contribution in [-0.4, -0.2) is 23.5 Å². The maximum atomic E-state index is 9.83. The lowest BCUT2D eigenvalue weighted by Gasteiger charge is -1.92. The van der Waals surface area contributed by atoms with E-state index in [1.54, 1.807) is 0 Å². The number of hydrogen-bond donors (Lipinski definition) is 0. The molecule has 0 radical (unpaired) electrons. The van der Waals surface area contributed by atoms with E-state index in [2.05, 4.69) is 17.9 Å². The van der Waals surface area contributed by atoms with E-state index in [1.807, 2.05) is 0 Å². The van der Waals surface area contributed by atoms with Gasteiger partial charge in [-0.15, -0.1) is 0 Å². The Balaban J connectivity index is -0.000000206. The van der Waals surface area contributed by atoms with Crippen molar-refractivity contribution in [2.24, 2.45) is 0 Å². The van der Waals surface area contributed by atoms with Gasteiger partial charge in [-0.2, -0.15) is 0 Å². The quantitative estimate of drug-likeness (QED) is 0.435. The minimum Gasteiger partial charge on any atom is -0.550 e. The molecule has 0 aliphatic carbocycles. The number of ether oxygens (including phenoxy) is 1. The summed E-state index contributed by atoms with van der Waals surface area (Å²) in [5.74, 6) is -3.37. The predicted molar refractivity (Wildman–Crippen MR) is 62.1 cm³/mol. The Hall–Kier alpha value is -2.44. The van der Waals surface area contributed by atoms with E-state index < -0.39 is 24.8 Å². The van der Waals surface area contributed by atoms with E-state index in [9.17, 15) is 29.4 Å². The second-order valence-electron chi connectivity index (χ2n) is 2.97. The highest BCUT2D eigenvalue weighted by Crippen LogP contribution is 1.75. The molecule has 0 aliphatic heterocycles. The van der Waals surface area contributed by atoms with Crippen LogP contribution in [0.5, 0.6) is 0 Å². The molecule has 0 atom stereocenters. The Morgan fingerprint density at radius 1 is 0.895 bits per heavy atom. The minimum atomic E-state index is -1.31. The van der Waals surface area contributed by atoms with Gasteiger partial charge in [-0.1, -0.05) is 13.2 Å². The first-order valence-electron chi connectivity index (χ1n) is 4.93. The summed E-state index contributed by atoms with van der Waals surface area (Å²) in [7, 11) is 0. The highest BCUT2D eigenvalue weighted by molar-refractivity contribution is 5.92. The standard InChI is InChI=1S/2C4H6O3.C4H6O/c2*1-3(5)2-4(6)7;1-3-5-4-2/h2*2H2,1H3,(H,6,7);3-4H,1-2H2/p-2. The van der Waals surface area contributed by atoms with Crippen molar-refractivity contribution in [1.82, 2.24) is 0 Å². The lowest BCUT2D eigenvalue weighted by Crippen LogP contribution is -2.24. The van der Waals surface area contributed by atoms with Gasteiger partial charge in [0.2, 0.25) is 0 Å². The summed E-state index contributed by atoms with van der Waals surface area (Å²) in [6, 6.07) is 0. The number of carbonyl (C=O) groups is 4. The SMILES string of the molecule is C=COC=C.CC(=O)CC(=O)[O-].CC(=O)CC(=O)[O-]. The van der Waals surface area contributed by atoms with Gasteiger partial charge < -0.3 is 24.5 Å².